The van der Waals surface area contributed by atoms with Crippen molar-refractivity contribution in [1.29, 1.82) is 0 Å². The number of carbonyl (C=O) groups excluding carboxylic acids is 3. The molecular formula is C19H17ClN2O4. The lowest BCUT2D eigenvalue weighted by molar-refractivity contribution is -0.144. The Bertz CT molecular complexity index is 834. The topological polar surface area (TPSA) is 84.5 Å². The Balaban J connectivity index is 2.00. The zero-order chi connectivity index (χ0) is 18.9. The van der Waals surface area contributed by atoms with Crippen LogP contribution in [-0.4, -0.2) is 24.4 Å². The van der Waals surface area contributed by atoms with Gasteiger partial charge in [0, 0.05) is 6.92 Å². The summed E-state index contributed by atoms with van der Waals surface area (Å²) in [5, 5.41) is 5.32. The van der Waals surface area contributed by atoms with Crippen LogP contribution in [0.2, 0.25) is 5.02 Å². The van der Waals surface area contributed by atoms with E-state index in [2.05, 4.69) is 10.6 Å². The first kappa shape index (κ1) is 19.2. The Morgan fingerprint density at radius 2 is 1.69 bits per heavy atom. The van der Waals surface area contributed by atoms with Gasteiger partial charge in [-0.3, -0.25) is 9.59 Å². The lowest BCUT2D eigenvalue weighted by Crippen LogP contribution is -2.28. The van der Waals surface area contributed by atoms with Crippen molar-refractivity contribution in [2.75, 3.05) is 11.9 Å². The van der Waals surface area contributed by atoms with Gasteiger partial charge in [-0.05, 0) is 23.8 Å². The van der Waals surface area contributed by atoms with Crippen molar-refractivity contribution in [1.82, 2.24) is 5.32 Å². The summed E-state index contributed by atoms with van der Waals surface area (Å²) in [6, 6.07) is 15.6. The highest BCUT2D eigenvalue weighted by Crippen LogP contribution is 2.20. The van der Waals surface area contributed by atoms with E-state index in [1.807, 2.05) is 6.07 Å². The molecule has 0 unspecified atom stereocenters. The first-order valence-corrected chi connectivity index (χ1v) is 8.09. The molecule has 6 nitrogen and oxygen atoms in total. The molecule has 0 aliphatic heterocycles. The lowest BCUT2D eigenvalue weighted by atomic mass is 10.2. The fourth-order valence-electron chi connectivity index (χ4n) is 2.01. The van der Waals surface area contributed by atoms with Crippen LogP contribution >= 0.6 is 11.6 Å². The first-order valence-electron chi connectivity index (χ1n) is 7.71. The molecule has 0 saturated carbocycles. The smallest absolute Gasteiger partial charge is 0.355 e. The van der Waals surface area contributed by atoms with Gasteiger partial charge in [0.25, 0.3) is 5.91 Å². The van der Waals surface area contributed by atoms with Crippen molar-refractivity contribution in [3.63, 3.8) is 0 Å². The maximum Gasteiger partial charge on any atom is 0.355 e. The number of hydrogen-bond acceptors (Lipinski definition) is 4. The highest BCUT2D eigenvalue weighted by Gasteiger charge is 2.15. The van der Waals surface area contributed by atoms with Crippen molar-refractivity contribution in [2.24, 2.45) is 0 Å². The molecule has 2 amide bonds. The number of hydrogen-bond donors (Lipinski definition) is 2. The number of halogens is 1. The van der Waals surface area contributed by atoms with Gasteiger partial charge >= 0.3 is 5.97 Å². The van der Waals surface area contributed by atoms with Gasteiger partial charge in [-0.15, -0.1) is 0 Å². The number of para-hydroxylation sites is 1. The molecule has 0 aromatic heterocycles. The fourth-order valence-corrected chi connectivity index (χ4v) is 2.19. The molecule has 2 N–H and O–H groups in total. The fraction of sp³-hybridized carbons (Fsp3) is 0.105. The van der Waals surface area contributed by atoms with E-state index in [1.165, 1.54) is 13.0 Å². The Hall–Kier alpha value is -3.12. The lowest BCUT2D eigenvalue weighted by Gasteiger charge is -2.10. The van der Waals surface area contributed by atoms with Crippen LogP contribution in [0.1, 0.15) is 12.5 Å². The predicted molar refractivity (Wildman–Crippen MR) is 99.3 cm³/mol. The second kappa shape index (κ2) is 9.39. The Kier molecular flexibility index (Phi) is 6.93. The molecule has 134 valence electrons. The van der Waals surface area contributed by atoms with Gasteiger partial charge in [-0.25, -0.2) is 4.79 Å². The van der Waals surface area contributed by atoms with Crippen LogP contribution in [0.25, 0.3) is 6.08 Å². The molecule has 0 radical (unpaired) electrons. The van der Waals surface area contributed by atoms with E-state index in [0.717, 1.165) is 0 Å². The Labute approximate surface area is 155 Å². The van der Waals surface area contributed by atoms with Gasteiger partial charge in [-0.2, -0.15) is 0 Å². The highest BCUT2D eigenvalue weighted by atomic mass is 35.5. The van der Waals surface area contributed by atoms with E-state index in [4.69, 9.17) is 16.3 Å². The average molecular weight is 373 g/mol. The third-order valence-electron chi connectivity index (χ3n) is 3.12. The molecule has 0 bridgehead atoms. The molecule has 26 heavy (non-hydrogen) atoms. The Morgan fingerprint density at radius 1 is 1.04 bits per heavy atom. The molecule has 0 aliphatic carbocycles. The van der Waals surface area contributed by atoms with Crippen molar-refractivity contribution >= 4 is 41.1 Å². The number of anilines is 1. The van der Waals surface area contributed by atoms with Gasteiger partial charge in [0.2, 0.25) is 5.91 Å². The van der Waals surface area contributed by atoms with Crippen molar-refractivity contribution in [2.45, 2.75) is 6.92 Å². The molecule has 7 heteroatoms. The third kappa shape index (κ3) is 6.07. The van der Waals surface area contributed by atoms with E-state index in [-0.39, 0.29) is 5.70 Å². The minimum Gasteiger partial charge on any atom is -0.451 e. The molecule has 0 heterocycles. The summed E-state index contributed by atoms with van der Waals surface area (Å²) >= 11 is 5.95. The minimum atomic E-state index is -0.821. The number of carbonyl (C=O) groups is 3. The first-order chi connectivity index (χ1) is 12.5. The van der Waals surface area contributed by atoms with Gasteiger partial charge in [0.15, 0.2) is 6.61 Å². The number of esters is 1. The molecule has 0 fully saturated rings. The highest BCUT2D eigenvalue weighted by molar-refractivity contribution is 6.33. The number of nitrogens with one attached hydrogen (secondary N) is 2. The van der Waals surface area contributed by atoms with E-state index in [1.54, 1.807) is 48.5 Å². The summed E-state index contributed by atoms with van der Waals surface area (Å²) in [7, 11) is 0. The van der Waals surface area contributed by atoms with Crippen molar-refractivity contribution in [3.05, 3.63) is 70.9 Å². The van der Waals surface area contributed by atoms with Crippen LogP contribution < -0.4 is 10.6 Å². The summed E-state index contributed by atoms with van der Waals surface area (Å²) in [4.78, 5) is 35.4. The van der Waals surface area contributed by atoms with Crippen LogP contribution in [0, 0.1) is 0 Å². The molecule has 0 aliphatic rings. The van der Waals surface area contributed by atoms with Crippen LogP contribution in [0.3, 0.4) is 0 Å². The molecular weight excluding hydrogens is 356 g/mol. The molecule has 0 spiro atoms. The summed E-state index contributed by atoms with van der Waals surface area (Å²) in [6.45, 7) is 0.756. The SMILES string of the molecule is CC(=O)N/C(=C/c1ccccc1)C(=O)OCC(=O)Nc1ccccc1Cl. The van der Waals surface area contributed by atoms with Gasteiger partial charge in [-0.1, -0.05) is 54.1 Å². The summed E-state index contributed by atoms with van der Waals surface area (Å²) in [5.41, 5.74) is 1.06. The molecule has 0 saturated heterocycles. The van der Waals surface area contributed by atoms with Gasteiger partial charge in [0.05, 0.1) is 10.7 Å². The van der Waals surface area contributed by atoms with Gasteiger partial charge < -0.3 is 15.4 Å². The van der Waals surface area contributed by atoms with E-state index < -0.39 is 24.4 Å². The summed E-state index contributed by atoms with van der Waals surface area (Å²) in [6.07, 6.45) is 1.47. The quantitative estimate of drug-likeness (QED) is 0.603. The molecule has 2 aromatic carbocycles. The van der Waals surface area contributed by atoms with Crippen LogP contribution in [0.5, 0.6) is 0 Å². The average Bonchev–Trinajstić information content (AvgIpc) is 2.61. The maximum absolute atomic E-state index is 12.2. The summed E-state index contributed by atoms with van der Waals surface area (Å²) < 4.78 is 4.97. The standard InChI is InChI=1S/C19H17ClN2O4/c1-13(23)21-17(11-14-7-3-2-4-8-14)19(25)26-12-18(24)22-16-10-6-5-9-15(16)20/h2-11H,12H2,1H3,(H,21,23)(H,22,24)/b17-11+. The summed E-state index contributed by atoms with van der Waals surface area (Å²) in [5.74, 6) is -1.80. The number of rotatable bonds is 6. The van der Waals surface area contributed by atoms with Crippen molar-refractivity contribution < 1.29 is 19.1 Å². The van der Waals surface area contributed by atoms with Crippen molar-refractivity contribution in [3.8, 4) is 0 Å². The number of amides is 2. The molecule has 0 atom stereocenters. The van der Waals surface area contributed by atoms with Gasteiger partial charge in [0.1, 0.15) is 5.70 Å². The van der Waals surface area contributed by atoms with E-state index >= 15 is 0 Å². The van der Waals surface area contributed by atoms with Crippen LogP contribution in [-0.2, 0) is 19.1 Å². The third-order valence-corrected chi connectivity index (χ3v) is 3.45. The van der Waals surface area contributed by atoms with Crippen LogP contribution in [0.4, 0.5) is 5.69 Å². The van der Waals surface area contributed by atoms with Crippen LogP contribution in [0.15, 0.2) is 60.3 Å². The number of benzene rings is 2. The monoisotopic (exact) mass is 372 g/mol. The second-order valence-electron chi connectivity index (χ2n) is 5.25. The zero-order valence-corrected chi connectivity index (χ0v) is 14.7. The largest absolute Gasteiger partial charge is 0.451 e. The Morgan fingerprint density at radius 3 is 2.35 bits per heavy atom. The zero-order valence-electron chi connectivity index (χ0n) is 14.0. The second-order valence-corrected chi connectivity index (χ2v) is 5.66. The maximum atomic E-state index is 12.2. The minimum absolute atomic E-state index is 0.0609. The van der Waals surface area contributed by atoms with E-state index in [0.29, 0.717) is 16.3 Å². The molecule has 2 rings (SSSR count). The predicted octanol–water partition coefficient (Wildman–Crippen LogP) is 3.00. The van der Waals surface area contributed by atoms with E-state index in [9.17, 15) is 14.4 Å². The normalized spacial score (nSPS) is 10.8. The number of ether oxygens (including phenoxy) is 1. The molecule has 2 aromatic rings.